The number of rotatable bonds is 15. The number of hydrogen-bond donors (Lipinski definition) is 2. The molecule has 0 aliphatic carbocycles. The third-order valence-electron chi connectivity index (χ3n) is 4.24. The van der Waals surface area contributed by atoms with Crippen LogP contribution in [0.5, 0.6) is 0 Å². The fourth-order valence-corrected chi connectivity index (χ4v) is 3.76. The van der Waals surface area contributed by atoms with Crippen molar-refractivity contribution >= 4 is 10.1 Å². The maximum Gasteiger partial charge on any atom is 0.267 e. The van der Waals surface area contributed by atoms with Gasteiger partial charge >= 0.3 is 0 Å². The minimum atomic E-state index is -3.96. The van der Waals surface area contributed by atoms with E-state index in [4.69, 9.17) is 0 Å². The highest BCUT2D eigenvalue weighted by molar-refractivity contribution is 7.86. The van der Waals surface area contributed by atoms with Crippen molar-refractivity contribution < 1.29 is 18.1 Å². The molecular weight excluding hydrogens is 300 g/mol. The number of unbranched alkanes of at least 4 members (excludes halogenated alkanes) is 6. The largest absolute Gasteiger partial charge is 0.393 e. The van der Waals surface area contributed by atoms with Crippen LogP contribution < -0.4 is 0 Å². The van der Waals surface area contributed by atoms with Crippen molar-refractivity contribution in [2.75, 3.05) is 0 Å². The fourth-order valence-electron chi connectivity index (χ4n) is 2.83. The Bertz CT molecular complexity index is 341. The van der Waals surface area contributed by atoms with Crippen LogP contribution in [0.4, 0.5) is 0 Å². The molecule has 0 saturated heterocycles. The van der Waals surface area contributed by atoms with E-state index in [1.54, 1.807) is 0 Å². The first kappa shape index (κ1) is 21.9. The van der Waals surface area contributed by atoms with Crippen molar-refractivity contribution in [1.29, 1.82) is 0 Å². The van der Waals surface area contributed by atoms with Crippen molar-refractivity contribution in [3.8, 4) is 0 Å². The van der Waals surface area contributed by atoms with E-state index < -0.39 is 15.4 Å². The van der Waals surface area contributed by atoms with Crippen LogP contribution in [0.25, 0.3) is 0 Å². The quantitative estimate of drug-likeness (QED) is 0.335. The lowest BCUT2D eigenvalue weighted by Crippen LogP contribution is -2.21. The van der Waals surface area contributed by atoms with Crippen molar-refractivity contribution in [3.05, 3.63) is 0 Å². The molecule has 0 heterocycles. The molecule has 0 fully saturated rings. The number of hydrogen-bond acceptors (Lipinski definition) is 3. The maximum atomic E-state index is 11.4. The topological polar surface area (TPSA) is 74.6 Å². The summed E-state index contributed by atoms with van der Waals surface area (Å²) in [5, 5.41) is 9.01. The van der Waals surface area contributed by atoms with Gasteiger partial charge in [-0.3, -0.25) is 4.55 Å². The van der Waals surface area contributed by atoms with Crippen LogP contribution in [-0.2, 0) is 10.1 Å². The van der Waals surface area contributed by atoms with E-state index in [0.29, 0.717) is 25.7 Å². The highest BCUT2D eigenvalue weighted by atomic mass is 32.2. The third-order valence-corrected chi connectivity index (χ3v) is 5.55. The van der Waals surface area contributed by atoms with Gasteiger partial charge in [0.2, 0.25) is 0 Å². The molecule has 0 aliphatic heterocycles. The molecule has 4 nitrogen and oxygen atoms in total. The first-order valence-electron chi connectivity index (χ1n) is 9.06. The lowest BCUT2D eigenvalue weighted by molar-refractivity contribution is 0.150. The Labute approximate surface area is 137 Å². The van der Waals surface area contributed by atoms with Gasteiger partial charge in [-0.2, -0.15) is 8.42 Å². The number of aliphatic hydroxyl groups is 1. The summed E-state index contributed by atoms with van der Waals surface area (Å²) < 4.78 is 32.2. The molecule has 0 spiro atoms. The summed E-state index contributed by atoms with van der Waals surface area (Å²) in [4.78, 5) is 0. The highest BCUT2D eigenvalue weighted by Gasteiger charge is 2.22. The molecular formula is C17H36O4S. The van der Waals surface area contributed by atoms with Gasteiger partial charge < -0.3 is 5.11 Å². The Hall–Kier alpha value is -0.130. The Kier molecular flexibility index (Phi) is 13.2. The van der Waals surface area contributed by atoms with Gasteiger partial charge in [0.15, 0.2) is 0 Å². The van der Waals surface area contributed by atoms with Crippen LogP contribution in [0.2, 0.25) is 0 Å². The monoisotopic (exact) mass is 336 g/mol. The van der Waals surface area contributed by atoms with Crippen LogP contribution in [0, 0.1) is 0 Å². The van der Waals surface area contributed by atoms with Gasteiger partial charge in [-0.05, 0) is 32.1 Å². The van der Waals surface area contributed by atoms with Crippen LogP contribution in [0.3, 0.4) is 0 Å². The highest BCUT2D eigenvalue weighted by Crippen LogP contribution is 2.19. The van der Waals surface area contributed by atoms with Gasteiger partial charge in [0, 0.05) is 0 Å². The van der Waals surface area contributed by atoms with E-state index in [2.05, 4.69) is 6.92 Å². The van der Waals surface area contributed by atoms with Gasteiger partial charge in [0.05, 0.1) is 11.4 Å². The van der Waals surface area contributed by atoms with Gasteiger partial charge in [-0.25, -0.2) is 0 Å². The molecule has 2 atom stereocenters. The maximum absolute atomic E-state index is 11.4. The lowest BCUT2D eigenvalue weighted by atomic mass is 10.0. The normalized spacial score (nSPS) is 14.9. The van der Waals surface area contributed by atoms with E-state index in [9.17, 15) is 18.1 Å². The number of aliphatic hydroxyl groups excluding tert-OH is 1. The summed E-state index contributed by atoms with van der Waals surface area (Å²) in [6, 6.07) is 0. The molecule has 22 heavy (non-hydrogen) atoms. The van der Waals surface area contributed by atoms with Gasteiger partial charge in [0.25, 0.3) is 10.1 Å². The average molecular weight is 337 g/mol. The zero-order chi connectivity index (χ0) is 16.8. The summed E-state index contributed by atoms with van der Waals surface area (Å²) in [6.45, 7) is 4.21. The van der Waals surface area contributed by atoms with Crippen LogP contribution in [-0.4, -0.2) is 29.4 Å². The second-order valence-electron chi connectivity index (χ2n) is 6.42. The van der Waals surface area contributed by atoms with Crippen LogP contribution in [0.15, 0.2) is 0 Å². The van der Waals surface area contributed by atoms with Crippen LogP contribution in [0.1, 0.15) is 97.3 Å². The van der Waals surface area contributed by atoms with Gasteiger partial charge in [0.1, 0.15) is 0 Å². The van der Waals surface area contributed by atoms with Gasteiger partial charge in [-0.15, -0.1) is 0 Å². The minimum absolute atomic E-state index is 0.342. The molecule has 134 valence electrons. The minimum Gasteiger partial charge on any atom is -0.393 e. The second-order valence-corrected chi connectivity index (χ2v) is 8.12. The van der Waals surface area contributed by atoms with E-state index in [0.717, 1.165) is 32.1 Å². The Balaban J connectivity index is 3.90. The summed E-state index contributed by atoms with van der Waals surface area (Å²) in [7, 11) is -3.96. The molecule has 0 aliphatic rings. The summed E-state index contributed by atoms with van der Waals surface area (Å²) >= 11 is 0. The lowest BCUT2D eigenvalue weighted by Gasteiger charge is -2.15. The smallest absolute Gasteiger partial charge is 0.267 e. The van der Waals surface area contributed by atoms with Crippen molar-refractivity contribution in [1.82, 2.24) is 0 Å². The summed E-state index contributed by atoms with van der Waals surface area (Å²) in [5.74, 6) is 0. The van der Waals surface area contributed by atoms with Crippen molar-refractivity contribution in [2.24, 2.45) is 0 Å². The molecule has 0 rings (SSSR count). The molecule has 5 heteroatoms. The fraction of sp³-hybridized carbons (Fsp3) is 1.00. The molecule has 0 saturated carbocycles. The van der Waals surface area contributed by atoms with Crippen LogP contribution >= 0.6 is 0 Å². The second kappa shape index (κ2) is 13.3. The molecule has 2 N–H and O–H groups in total. The average Bonchev–Trinajstić information content (AvgIpc) is 2.43. The Morgan fingerprint density at radius 3 is 1.82 bits per heavy atom. The SMILES string of the molecule is CCCCCCCCCC(CCCC(O)CCC)S(=O)(=O)O. The molecule has 0 radical (unpaired) electrons. The standard InChI is InChI=1S/C17H36O4S/c1-3-5-6-7-8-9-10-14-17(22(19,20)21)15-11-13-16(18)12-4-2/h16-18H,3-15H2,1-2H3,(H,19,20,21). The first-order chi connectivity index (χ1) is 10.4. The molecule has 0 amide bonds. The van der Waals surface area contributed by atoms with Crippen molar-refractivity contribution in [2.45, 2.75) is 109 Å². The van der Waals surface area contributed by atoms with E-state index in [-0.39, 0.29) is 6.10 Å². The zero-order valence-electron chi connectivity index (χ0n) is 14.5. The van der Waals surface area contributed by atoms with Crippen molar-refractivity contribution in [3.63, 3.8) is 0 Å². The Morgan fingerprint density at radius 2 is 1.27 bits per heavy atom. The first-order valence-corrected chi connectivity index (χ1v) is 10.6. The van der Waals surface area contributed by atoms with Gasteiger partial charge in [-0.1, -0.05) is 65.2 Å². The summed E-state index contributed by atoms with van der Waals surface area (Å²) in [6.07, 6.45) is 11.6. The predicted molar refractivity (Wildman–Crippen MR) is 92.7 cm³/mol. The molecule has 0 aromatic rings. The zero-order valence-corrected chi connectivity index (χ0v) is 15.3. The third kappa shape index (κ3) is 12.4. The molecule has 0 aromatic heterocycles. The summed E-state index contributed by atoms with van der Waals surface area (Å²) in [5.41, 5.74) is 0. The Morgan fingerprint density at radius 1 is 0.727 bits per heavy atom. The van der Waals surface area contributed by atoms with E-state index >= 15 is 0 Å². The molecule has 2 unspecified atom stereocenters. The van der Waals surface area contributed by atoms with E-state index in [1.807, 2.05) is 6.92 Å². The van der Waals surface area contributed by atoms with E-state index in [1.165, 1.54) is 25.7 Å². The predicted octanol–water partition coefficient (Wildman–Crippen LogP) is 4.71. The molecule has 0 aromatic carbocycles. The molecule has 0 bridgehead atoms.